The van der Waals surface area contributed by atoms with Crippen LogP contribution in [0, 0.1) is 5.82 Å². The number of pyridine rings is 1. The van der Waals surface area contributed by atoms with E-state index in [9.17, 15) is 14.0 Å². The molecular formula is C16H17FN4O3. The summed E-state index contributed by atoms with van der Waals surface area (Å²) in [5.41, 5.74) is 1.11. The number of hydrogen-bond donors (Lipinski definition) is 3. The highest BCUT2D eigenvalue weighted by atomic mass is 19.1. The molecule has 2 rings (SSSR count). The minimum Gasteiger partial charge on any atom is -0.481 e. The number of amides is 3. The average Bonchev–Trinajstić information content (AvgIpc) is 2.56. The summed E-state index contributed by atoms with van der Waals surface area (Å²) >= 11 is 0. The number of aromatic nitrogens is 1. The molecule has 1 aromatic carbocycles. The number of nitrogens with one attached hydrogen (secondary N) is 3. The van der Waals surface area contributed by atoms with E-state index in [2.05, 4.69) is 20.9 Å². The van der Waals surface area contributed by atoms with E-state index in [1.54, 1.807) is 18.3 Å². The summed E-state index contributed by atoms with van der Waals surface area (Å²) in [7, 11) is 1.51. The van der Waals surface area contributed by atoms with Crippen molar-refractivity contribution in [3.63, 3.8) is 0 Å². The Morgan fingerprint density at radius 3 is 2.62 bits per heavy atom. The smallest absolute Gasteiger partial charge is 0.319 e. The summed E-state index contributed by atoms with van der Waals surface area (Å²) in [5, 5.41) is 7.50. The van der Waals surface area contributed by atoms with Crippen LogP contribution < -0.4 is 20.7 Å². The minimum atomic E-state index is -0.606. The maximum absolute atomic E-state index is 13.7. The van der Waals surface area contributed by atoms with Gasteiger partial charge in [0.05, 0.1) is 12.8 Å². The first-order valence-electron chi connectivity index (χ1n) is 7.09. The fourth-order valence-corrected chi connectivity index (χ4v) is 1.89. The predicted molar refractivity (Wildman–Crippen MR) is 87.4 cm³/mol. The number of anilines is 2. The third-order valence-corrected chi connectivity index (χ3v) is 2.99. The van der Waals surface area contributed by atoms with E-state index in [0.29, 0.717) is 11.6 Å². The lowest BCUT2D eigenvalue weighted by molar-refractivity contribution is -0.114. The first kappa shape index (κ1) is 17.2. The molecule has 3 amide bonds. The molecule has 0 atom stereocenters. The first-order valence-corrected chi connectivity index (χ1v) is 7.09. The summed E-state index contributed by atoms with van der Waals surface area (Å²) in [6, 6.07) is 6.75. The molecule has 7 nitrogen and oxygen atoms in total. The maximum Gasteiger partial charge on any atom is 0.319 e. The Labute approximate surface area is 138 Å². The lowest BCUT2D eigenvalue weighted by Gasteiger charge is -2.10. The SMILES string of the molecule is COc1ccc(CNC(=O)Nc2cc(NC(C)=O)ccc2F)cn1. The molecule has 8 heteroatoms. The fraction of sp³-hybridized carbons (Fsp3) is 0.188. The van der Waals surface area contributed by atoms with Gasteiger partial charge in [0.15, 0.2) is 0 Å². The van der Waals surface area contributed by atoms with Gasteiger partial charge in [-0.05, 0) is 23.8 Å². The number of benzene rings is 1. The Balaban J connectivity index is 1.94. The molecule has 1 aromatic heterocycles. The van der Waals surface area contributed by atoms with Crippen LogP contribution in [0.1, 0.15) is 12.5 Å². The number of halogens is 1. The third-order valence-electron chi connectivity index (χ3n) is 2.99. The predicted octanol–water partition coefficient (Wildman–Crippen LogP) is 2.51. The summed E-state index contributed by atoms with van der Waals surface area (Å²) in [6.45, 7) is 1.56. The van der Waals surface area contributed by atoms with E-state index in [1.165, 1.54) is 26.2 Å². The summed E-state index contributed by atoms with van der Waals surface area (Å²) < 4.78 is 18.7. The Morgan fingerprint density at radius 1 is 1.21 bits per heavy atom. The topological polar surface area (TPSA) is 92.4 Å². The minimum absolute atomic E-state index is 0.0356. The zero-order chi connectivity index (χ0) is 17.5. The summed E-state index contributed by atoms with van der Waals surface area (Å²) in [6.07, 6.45) is 1.57. The number of carbonyl (C=O) groups is 2. The van der Waals surface area contributed by atoms with Crippen molar-refractivity contribution in [2.75, 3.05) is 17.7 Å². The highest BCUT2D eigenvalue weighted by molar-refractivity contribution is 5.92. The van der Waals surface area contributed by atoms with Crippen LogP contribution in [0.5, 0.6) is 5.88 Å². The van der Waals surface area contributed by atoms with Crippen molar-refractivity contribution in [1.29, 1.82) is 0 Å². The van der Waals surface area contributed by atoms with Crippen LogP contribution in [-0.2, 0) is 11.3 Å². The van der Waals surface area contributed by atoms with Crippen molar-refractivity contribution in [2.24, 2.45) is 0 Å². The standard InChI is InChI=1S/C16H17FN4O3/c1-10(22)20-12-4-5-13(17)14(7-12)21-16(23)19-9-11-3-6-15(24-2)18-8-11/h3-8H,9H2,1-2H3,(H,20,22)(H2,19,21,23). The zero-order valence-corrected chi connectivity index (χ0v) is 13.2. The molecule has 0 unspecified atom stereocenters. The zero-order valence-electron chi connectivity index (χ0n) is 13.2. The molecule has 1 heterocycles. The van der Waals surface area contributed by atoms with E-state index in [4.69, 9.17) is 4.74 Å². The van der Waals surface area contributed by atoms with Crippen molar-refractivity contribution in [3.05, 3.63) is 47.9 Å². The van der Waals surface area contributed by atoms with Gasteiger partial charge < -0.3 is 20.7 Å². The van der Waals surface area contributed by atoms with Gasteiger partial charge in [-0.15, -0.1) is 0 Å². The number of carbonyl (C=O) groups excluding carboxylic acids is 2. The van der Waals surface area contributed by atoms with Gasteiger partial charge in [-0.25, -0.2) is 14.2 Å². The number of rotatable bonds is 5. The van der Waals surface area contributed by atoms with E-state index < -0.39 is 11.8 Å². The van der Waals surface area contributed by atoms with E-state index >= 15 is 0 Å². The highest BCUT2D eigenvalue weighted by Crippen LogP contribution is 2.19. The van der Waals surface area contributed by atoms with Crippen LogP contribution in [0.3, 0.4) is 0 Å². The van der Waals surface area contributed by atoms with Gasteiger partial charge >= 0.3 is 6.03 Å². The molecule has 0 spiro atoms. The first-order chi connectivity index (χ1) is 11.5. The second-order valence-electron chi connectivity index (χ2n) is 4.89. The highest BCUT2D eigenvalue weighted by Gasteiger charge is 2.08. The van der Waals surface area contributed by atoms with Gasteiger partial charge in [-0.3, -0.25) is 4.79 Å². The number of urea groups is 1. The molecule has 0 aliphatic rings. The van der Waals surface area contributed by atoms with Crippen LogP contribution in [-0.4, -0.2) is 24.0 Å². The van der Waals surface area contributed by atoms with Crippen LogP contribution in [0.4, 0.5) is 20.6 Å². The van der Waals surface area contributed by atoms with Crippen molar-refractivity contribution in [2.45, 2.75) is 13.5 Å². The third kappa shape index (κ3) is 4.94. The number of methoxy groups -OCH3 is 1. The van der Waals surface area contributed by atoms with Crippen molar-refractivity contribution in [3.8, 4) is 5.88 Å². The lowest BCUT2D eigenvalue weighted by atomic mass is 10.2. The number of hydrogen-bond acceptors (Lipinski definition) is 4. The molecule has 3 N–H and O–H groups in total. The molecule has 0 bridgehead atoms. The summed E-state index contributed by atoms with van der Waals surface area (Å²) in [4.78, 5) is 26.9. The Hall–Kier alpha value is -3.16. The maximum atomic E-state index is 13.7. The van der Waals surface area contributed by atoms with Gasteiger partial charge in [-0.2, -0.15) is 0 Å². The van der Waals surface area contributed by atoms with Crippen LogP contribution in [0.15, 0.2) is 36.5 Å². The van der Waals surface area contributed by atoms with Crippen LogP contribution in [0.25, 0.3) is 0 Å². The van der Waals surface area contributed by atoms with Gasteiger partial charge in [0.1, 0.15) is 5.82 Å². The molecular weight excluding hydrogens is 315 g/mol. The van der Waals surface area contributed by atoms with Gasteiger partial charge in [0.25, 0.3) is 0 Å². The second-order valence-corrected chi connectivity index (χ2v) is 4.89. The molecule has 0 aliphatic carbocycles. The van der Waals surface area contributed by atoms with E-state index in [-0.39, 0.29) is 18.1 Å². The lowest BCUT2D eigenvalue weighted by Crippen LogP contribution is -2.28. The average molecular weight is 332 g/mol. The van der Waals surface area contributed by atoms with Gasteiger partial charge in [-0.1, -0.05) is 6.07 Å². The van der Waals surface area contributed by atoms with Gasteiger partial charge in [0, 0.05) is 31.4 Å². The van der Waals surface area contributed by atoms with Crippen LogP contribution in [0.2, 0.25) is 0 Å². The van der Waals surface area contributed by atoms with Crippen molar-refractivity contribution in [1.82, 2.24) is 10.3 Å². The van der Waals surface area contributed by atoms with Gasteiger partial charge in [0.2, 0.25) is 11.8 Å². The Bertz CT molecular complexity index is 735. The molecule has 0 aliphatic heterocycles. The molecule has 0 fully saturated rings. The van der Waals surface area contributed by atoms with Crippen LogP contribution >= 0.6 is 0 Å². The largest absolute Gasteiger partial charge is 0.481 e. The van der Waals surface area contributed by atoms with Crippen molar-refractivity contribution < 1.29 is 18.7 Å². The molecule has 0 saturated carbocycles. The molecule has 0 radical (unpaired) electrons. The molecule has 126 valence electrons. The summed E-state index contributed by atoms with van der Waals surface area (Å²) in [5.74, 6) is -0.422. The quantitative estimate of drug-likeness (QED) is 0.784. The monoisotopic (exact) mass is 332 g/mol. The fourth-order valence-electron chi connectivity index (χ4n) is 1.89. The second kappa shape index (κ2) is 7.91. The number of nitrogens with zero attached hydrogens (tertiary/aromatic N) is 1. The Kier molecular flexibility index (Phi) is 5.67. The van der Waals surface area contributed by atoms with Crippen molar-refractivity contribution >= 4 is 23.3 Å². The normalized spacial score (nSPS) is 9.96. The molecule has 0 saturated heterocycles. The molecule has 24 heavy (non-hydrogen) atoms. The van der Waals surface area contributed by atoms with E-state index in [0.717, 1.165) is 11.6 Å². The molecule has 2 aromatic rings. The van der Waals surface area contributed by atoms with E-state index in [1.807, 2.05) is 0 Å². The number of ether oxygens (including phenoxy) is 1. The Morgan fingerprint density at radius 2 is 2.00 bits per heavy atom.